The lowest BCUT2D eigenvalue weighted by Crippen LogP contribution is -2.18. The number of hydrogen-bond donors (Lipinski definition) is 1. The molecule has 0 aliphatic carbocycles. The topological polar surface area (TPSA) is 67.3 Å². The van der Waals surface area contributed by atoms with E-state index in [0.717, 1.165) is 0 Å². The van der Waals surface area contributed by atoms with Crippen molar-refractivity contribution in [3.05, 3.63) is 20.5 Å². The smallest absolute Gasteiger partial charge is 0.434 e. The van der Waals surface area contributed by atoms with Gasteiger partial charge in [0.25, 0.3) is 5.56 Å². The number of halogens is 5. The van der Waals surface area contributed by atoms with Gasteiger partial charge in [0.05, 0.1) is 13.0 Å². The molecule has 0 fully saturated rings. The van der Waals surface area contributed by atoms with Crippen LogP contribution in [0.1, 0.15) is 5.69 Å². The molecule has 1 N–H and O–H groups in total. The van der Waals surface area contributed by atoms with Crippen LogP contribution in [0.3, 0.4) is 0 Å². The lowest BCUT2D eigenvalue weighted by molar-refractivity contribution is -0.141. The maximum Gasteiger partial charge on any atom is 0.434 e. The number of aliphatic imine (C=N–C) groups is 1. The second-order valence-corrected chi connectivity index (χ2v) is 3.95. The zero-order valence-corrected chi connectivity index (χ0v) is 11.1. The van der Waals surface area contributed by atoms with Crippen molar-refractivity contribution < 1.29 is 17.9 Å². The van der Waals surface area contributed by atoms with E-state index >= 15 is 0 Å². The Kier molecular flexibility index (Phi) is 4.74. The average molecular weight is 349 g/mol. The quantitative estimate of drug-likeness (QED) is 0.507. The molecule has 0 bridgehead atoms. The van der Waals surface area contributed by atoms with Crippen LogP contribution in [0.25, 0.3) is 0 Å². The molecule has 1 heterocycles. The van der Waals surface area contributed by atoms with Crippen LogP contribution in [0.15, 0.2) is 14.3 Å². The van der Waals surface area contributed by atoms with Crippen LogP contribution in [0, 0.1) is 0 Å². The summed E-state index contributed by atoms with van der Waals surface area (Å²) in [6, 6.07) is 0. The number of hydrogen-bond acceptors (Lipinski definition) is 4. The number of nitrogens with one attached hydrogen (secondary N) is 1. The second kappa shape index (κ2) is 5.70. The third-order valence-corrected chi connectivity index (χ3v) is 2.66. The summed E-state index contributed by atoms with van der Waals surface area (Å²) in [5.41, 5.74) is -2.36. The van der Waals surface area contributed by atoms with Crippen molar-refractivity contribution in [1.29, 1.82) is 0 Å². The fourth-order valence-corrected chi connectivity index (χ4v) is 1.52. The summed E-state index contributed by atoms with van der Waals surface area (Å²) < 4.78 is 41.6. The Hall–Kier alpha value is -1.09. The summed E-state index contributed by atoms with van der Waals surface area (Å²) in [5.74, 6) is -0.777. The van der Waals surface area contributed by atoms with Crippen LogP contribution in [0.4, 0.5) is 19.1 Å². The standard InChI is InChI=1S/C8H6BrClF3N3O2/c1-18-3(2-10)14-7-15-5(8(11,12)13)4(9)6(17)16-7/h2H2,1H3,(H,15,16,17). The predicted octanol–water partition coefficient (Wildman–Crippen LogP) is 2.47. The molecule has 0 saturated heterocycles. The van der Waals surface area contributed by atoms with E-state index in [4.69, 9.17) is 11.6 Å². The van der Waals surface area contributed by atoms with Gasteiger partial charge in [-0.3, -0.25) is 9.78 Å². The Bertz CT molecular complexity index is 523. The summed E-state index contributed by atoms with van der Waals surface area (Å²) in [7, 11) is 1.24. The Morgan fingerprint density at radius 1 is 1.61 bits per heavy atom. The molecule has 0 atom stereocenters. The highest BCUT2D eigenvalue weighted by molar-refractivity contribution is 9.10. The minimum atomic E-state index is -4.77. The predicted molar refractivity (Wildman–Crippen MR) is 62.4 cm³/mol. The zero-order chi connectivity index (χ0) is 13.9. The van der Waals surface area contributed by atoms with Crippen molar-refractivity contribution in [2.45, 2.75) is 6.18 Å². The molecule has 5 nitrogen and oxygen atoms in total. The first kappa shape index (κ1) is 15.0. The molecule has 0 aliphatic rings. The number of aromatic amines is 1. The van der Waals surface area contributed by atoms with Crippen LogP contribution in [0.5, 0.6) is 0 Å². The van der Waals surface area contributed by atoms with Gasteiger partial charge in [0.2, 0.25) is 11.8 Å². The molecule has 0 amide bonds. The van der Waals surface area contributed by atoms with Crippen LogP contribution in [0.2, 0.25) is 0 Å². The number of aromatic nitrogens is 2. The van der Waals surface area contributed by atoms with Crippen molar-refractivity contribution in [1.82, 2.24) is 9.97 Å². The Morgan fingerprint density at radius 3 is 2.67 bits per heavy atom. The van der Waals surface area contributed by atoms with Crippen molar-refractivity contribution in [3.63, 3.8) is 0 Å². The molecule has 1 aromatic heterocycles. The van der Waals surface area contributed by atoms with Crippen molar-refractivity contribution in [2.24, 2.45) is 4.99 Å². The lowest BCUT2D eigenvalue weighted by atomic mass is 10.4. The number of rotatable bonds is 2. The first-order valence-electron chi connectivity index (χ1n) is 4.34. The molecule has 0 aromatic carbocycles. The summed E-state index contributed by atoms with van der Waals surface area (Å²) in [5, 5.41) is 0. The highest BCUT2D eigenvalue weighted by Gasteiger charge is 2.36. The molecule has 0 spiro atoms. The van der Waals surface area contributed by atoms with Crippen molar-refractivity contribution >= 4 is 39.4 Å². The van der Waals surface area contributed by atoms with E-state index in [9.17, 15) is 18.0 Å². The van der Waals surface area contributed by atoms with Gasteiger partial charge in [0.1, 0.15) is 4.47 Å². The van der Waals surface area contributed by atoms with Crippen LogP contribution in [-0.4, -0.2) is 28.9 Å². The van der Waals surface area contributed by atoms with Gasteiger partial charge < -0.3 is 4.74 Å². The Labute approximate surface area is 112 Å². The molecule has 0 aliphatic heterocycles. The maximum atomic E-state index is 12.6. The first-order valence-corrected chi connectivity index (χ1v) is 5.67. The van der Waals surface area contributed by atoms with Crippen molar-refractivity contribution in [3.8, 4) is 0 Å². The third kappa shape index (κ3) is 3.45. The average Bonchev–Trinajstić information content (AvgIpc) is 2.28. The summed E-state index contributed by atoms with van der Waals surface area (Å²) >= 11 is 7.93. The third-order valence-electron chi connectivity index (χ3n) is 1.70. The van der Waals surface area contributed by atoms with Gasteiger partial charge in [-0.2, -0.15) is 18.2 Å². The van der Waals surface area contributed by atoms with Gasteiger partial charge in [-0.25, -0.2) is 4.98 Å². The Morgan fingerprint density at radius 2 is 2.22 bits per heavy atom. The molecule has 1 rings (SSSR count). The number of alkyl halides is 4. The molecule has 10 heteroatoms. The fraction of sp³-hybridized carbons (Fsp3) is 0.375. The fourth-order valence-electron chi connectivity index (χ4n) is 0.936. The SMILES string of the molecule is COC(CCl)=Nc1nc(C(F)(F)F)c(Br)c(=O)[nH]1. The minimum absolute atomic E-state index is 0.0738. The van der Waals surface area contributed by atoms with Crippen LogP contribution < -0.4 is 5.56 Å². The number of ether oxygens (including phenoxy) is 1. The summed E-state index contributed by atoms with van der Waals surface area (Å²) in [4.78, 5) is 20.1. The molecule has 0 radical (unpaired) electrons. The van der Waals surface area contributed by atoms with E-state index in [1.54, 1.807) is 0 Å². The van der Waals surface area contributed by atoms with Crippen LogP contribution >= 0.6 is 27.5 Å². The van der Waals surface area contributed by atoms with Gasteiger partial charge in [-0.15, -0.1) is 11.6 Å². The monoisotopic (exact) mass is 347 g/mol. The molecule has 18 heavy (non-hydrogen) atoms. The molecular weight excluding hydrogens is 342 g/mol. The highest BCUT2D eigenvalue weighted by atomic mass is 79.9. The van der Waals surface area contributed by atoms with E-state index in [-0.39, 0.29) is 11.8 Å². The zero-order valence-electron chi connectivity index (χ0n) is 8.81. The molecule has 100 valence electrons. The molecule has 0 saturated carbocycles. The van der Waals surface area contributed by atoms with Crippen molar-refractivity contribution in [2.75, 3.05) is 13.0 Å². The van der Waals surface area contributed by atoms with Crippen LogP contribution in [-0.2, 0) is 10.9 Å². The first-order chi connectivity index (χ1) is 8.29. The summed E-state index contributed by atoms with van der Waals surface area (Å²) in [6.07, 6.45) is -4.77. The highest BCUT2D eigenvalue weighted by Crippen LogP contribution is 2.32. The molecule has 1 aromatic rings. The van der Waals surface area contributed by atoms with E-state index in [0.29, 0.717) is 0 Å². The van der Waals surface area contributed by atoms with Gasteiger partial charge in [-0.05, 0) is 15.9 Å². The molecule has 0 unspecified atom stereocenters. The number of nitrogens with zero attached hydrogens (tertiary/aromatic N) is 2. The van der Waals surface area contributed by atoms with Gasteiger partial charge in [0.15, 0.2) is 5.69 Å². The van der Waals surface area contributed by atoms with E-state index < -0.39 is 27.9 Å². The normalized spacial score (nSPS) is 12.7. The number of H-pyrrole nitrogens is 1. The minimum Gasteiger partial charge on any atom is -0.483 e. The van der Waals surface area contributed by atoms with Gasteiger partial charge in [0, 0.05) is 0 Å². The van der Waals surface area contributed by atoms with Gasteiger partial charge >= 0.3 is 6.18 Å². The van der Waals surface area contributed by atoms with E-state index in [1.165, 1.54) is 7.11 Å². The summed E-state index contributed by atoms with van der Waals surface area (Å²) in [6.45, 7) is 0. The van der Waals surface area contributed by atoms with E-state index in [1.807, 2.05) is 4.98 Å². The second-order valence-electron chi connectivity index (χ2n) is 2.89. The lowest BCUT2D eigenvalue weighted by Gasteiger charge is -2.08. The molecular formula is C8H6BrClF3N3O2. The maximum absolute atomic E-state index is 12.6. The number of methoxy groups -OCH3 is 1. The Balaban J connectivity index is 3.38. The van der Waals surface area contributed by atoms with Gasteiger partial charge in [-0.1, -0.05) is 0 Å². The largest absolute Gasteiger partial charge is 0.483 e. The van der Waals surface area contributed by atoms with E-state index in [2.05, 4.69) is 30.6 Å².